The molecule has 0 saturated carbocycles. The van der Waals surface area contributed by atoms with Crippen molar-refractivity contribution in [3.63, 3.8) is 0 Å². The number of allylic oxidation sites excluding steroid dienone is 4. The second-order valence-electron chi connectivity index (χ2n) is 18.6. The zero-order chi connectivity index (χ0) is 47.1. The first-order chi connectivity index (χ1) is 35.2. The van der Waals surface area contributed by atoms with E-state index in [0.29, 0.717) is 0 Å². The standard InChI is InChI=1S/C69H48N2/c1-6-20-47(21-7-1)54-40-55(48-22-8-2-9-23-48)43-58(42-54)67-61-30-16-17-31-62(61)68(59-44-56(49-24-10-3-11-25-49)41-57(45-59)50-26-12-4-13-27-50)64-46-53(38-39-63(64)67)51-34-36-52(37-35-51)69-70-65-32-18-19-33-66(65)71(69)60-28-14-5-15-29-60/h1-22,24-46,48H,23H2. The van der Waals surface area contributed by atoms with Gasteiger partial charge in [-0.25, -0.2) is 4.98 Å². The Morgan fingerprint density at radius 2 is 0.803 bits per heavy atom. The molecular weight excluding hydrogens is 857 g/mol. The van der Waals surface area contributed by atoms with E-state index in [1.165, 1.54) is 82.7 Å². The predicted molar refractivity (Wildman–Crippen MR) is 300 cm³/mol. The van der Waals surface area contributed by atoms with Gasteiger partial charge in [-0.05, 0) is 155 Å². The molecule has 0 fully saturated rings. The molecule has 2 nitrogen and oxygen atoms in total. The van der Waals surface area contributed by atoms with Gasteiger partial charge in [0.25, 0.3) is 0 Å². The molecule has 11 aromatic carbocycles. The van der Waals surface area contributed by atoms with E-state index in [1.54, 1.807) is 0 Å². The van der Waals surface area contributed by atoms with Crippen LogP contribution in [0.2, 0.25) is 0 Å². The maximum atomic E-state index is 5.19. The first kappa shape index (κ1) is 42.0. The van der Waals surface area contributed by atoms with Crippen molar-refractivity contribution in [2.75, 3.05) is 0 Å². The fraction of sp³-hybridized carbons (Fsp3) is 0.0290. The van der Waals surface area contributed by atoms with Crippen molar-refractivity contribution in [2.24, 2.45) is 0 Å². The van der Waals surface area contributed by atoms with Gasteiger partial charge in [-0.1, -0.05) is 218 Å². The number of fused-ring (bicyclic) bond motifs is 3. The van der Waals surface area contributed by atoms with Crippen molar-refractivity contribution in [3.8, 4) is 83.8 Å². The van der Waals surface area contributed by atoms with Crippen molar-refractivity contribution in [1.29, 1.82) is 0 Å². The summed E-state index contributed by atoms with van der Waals surface area (Å²) in [7, 11) is 0. The number of para-hydroxylation sites is 3. The molecule has 0 saturated heterocycles. The Labute approximate surface area is 414 Å². The second-order valence-corrected chi connectivity index (χ2v) is 18.6. The Morgan fingerprint density at radius 1 is 0.338 bits per heavy atom. The number of aromatic nitrogens is 2. The summed E-state index contributed by atoms with van der Waals surface area (Å²) in [6, 6.07) is 91.1. The van der Waals surface area contributed by atoms with Crippen LogP contribution in [0.3, 0.4) is 0 Å². The summed E-state index contributed by atoms with van der Waals surface area (Å²) in [5.74, 6) is 1.21. The fourth-order valence-corrected chi connectivity index (χ4v) is 10.9. The van der Waals surface area contributed by atoms with Gasteiger partial charge in [-0.2, -0.15) is 0 Å². The van der Waals surface area contributed by atoms with Crippen LogP contribution < -0.4 is 0 Å². The van der Waals surface area contributed by atoms with E-state index in [2.05, 4.69) is 278 Å². The van der Waals surface area contributed by atoms with Crippen LogP contribution in [0.1, 0.15) is 17.9 Å². The number of rotatable bonds is 9. The summed E-state index contributed by atoms with van der Waals surface area (Å²) in [6.07, 6.45) is 9.99. The molecule has 2 heteroatoms. The van der Waals surface area contributed by atoms with E-state index < -0.39 is 0 Å². The molecule has 1 heterocycles. The molecule has 0 amide bonds. The van der Waals surface area contributed by atoms with E-state index in [0.717, 1.165) is 45.7 Å². The molecule has 0 N–H and O–H groups in total. The Morgan fingerprint density at radius 3 is 1.42 bits per heavy atom. The summed E-state index contributed by atoms with van der Waals surface area (Å²) in [5, 5.41) is 4.88. The maximum absolute atomic E-state index is 5.19. The molecule has 71 heavy (non-hydrogen) atoms. The number of nitrogens with zero attached hydrogens (tertiary/aromatic N) is 2. The van der Waals surface area contributed by atoms with Crippen molar-refractivity contribution < 1.29 is 0 Å². The van der Waals surface area contributed by atoms with Crippen molar-refractivity contribution in [1.82, 2.24) is 9.55 Å². The molecule has 1 aliphatic carbocycles. The minimum Gasteiger partial charge on any atom is -0.292 e. The summed E-state index contributed by atoms with van der Waals surface area (Å²) >= 11 is 0. The van der Waals surface area contributed by atoms with E-state index in [-0.39, 0.29) is 5.92 Å². The van der Waals surface area contributed by atoms with Crippen LogP contribution in [0, 0.1) is 0 Å². The van der Waals surface area contributed by atoms with Crippen LogP contribution in [-0.2, 0) is 0 Å². The van der Waals surface area contributed by atoms with Crippen LogP contribution in [0.4, 0.5) is 0 Å². The van der Waals surface area contributed by atoms with Crippen LogP contribution in [-0.4, -0.2) is 9.55 Å². The van der Waals surface area contributed by atoms with Gasteiger partial charge in [0.2, 0.25) is 0 Å². The van der Waals surface area contributed by atoms with Gasteiger partial charge in [-0.15, -0.1) is 0 Å². The molecule has 1 aromatic heterocycles. The zero-order valence-electron chi connectivity index (χ0n) is 39.2. The molecule has 13 rings (SSSR count). The van der Waals surface area contributed by atoms with Gasteiger partial charge >= 0.3 is 0 Å². The number of hydrogen-bond acceptors (Lipinski definition) is 1. The quantitative estimate of drug-likeness (QED) is 0.132. The normalized spacial score (nSPS) is 13.3. The van der Waals surface area contributed by atoms with E-state index in [1.807, 2.05) is 0 Å². The molecule has 334 valence electrons. The summed E-state index contributed by atoms with van der Waals surface area (Å²) in [4.78, 5) is 5.19. The Balaban J connectivity index is 1.06. The molecule has 12 aromatic rings. The lowest BCUT2D eigenvalue weighted by Gasteiger charge is -2.22. The van der Waals surface area contributed by atoms with E-state index in [9.17, 15) is 0 Å². The third-order valence-corrected chi connectivity index (χ3v) is 14.3. The molecule has 1 atom stereocenters. The molecule has 0 radical (unpaired) electrons. The third kappa shape index (κ3) is 7.86. The lowest BCUT2D eigenvalue weighted by molar-refractivity contribution is 0.854. The van der Waals surface area contributed by atoms with Crippen LogP contribution >= 0.6 is 0 Å². The molecule has 0 spiro atoms. The number of hydrogen-bond donors (Lipinski definition) is 0. The van der Waals surface area contributed by atoms with Crippen molar-refractivity contribution >= 4 is 32.6 Å². The first-order valence-electron chi connectivity index (χ1n) is 24.6. The number of benzene rings is 11. The smallest absolute Gasteiger partial charge is 0.145 e. The Bertz CT molecular complexity index is 3920. The van der Waals surface area contributed by atoms with Gasteiger partial charge in [0, 0.05) is 17.2 Å². The average Bonchev–Trinajstić information content (AvgIpc) is 3.85. The molecule has 0 bridgehead atoms. The highest BCUT2D eigenvalue weighted by Gasteiger charge is 2.22. The Kier molecular flexibility index (Phi) is 10.7. The van der Waals surface area contributed by atoms with Crippen LogP contribution in [0.15, 0.2) is 273 Å². The third-order valence-electron chi connectivity index (χ3n) is 14.3. The monoisotopic (exact) mass is 904 g/mol. The molecule has 1 aliphatic rings. The molecular formula is C69H48N2. The van der Waals surface area contributed by atoms with Gasteiger partial charge in [0.15, 0.2) is 0 Å². The minimum absolute atomic E-state index is 0.287. The molecule has 0 aliphatic heterocycles. The van der Waals surface area contributed by atoms with Crippen LogP contribution in [0.5, 0.6) is 0 Å². The van der Waals surface area contributed by atoms with Crippen molar-refractivity contribution in [2.45, 2.75) is 12.3 Å². The van der Waals surface area contributed by atoms with Gasteiger partial charge < -0.3 is 0 Å². The fourth-order valence-electron chi connectivity index (χ4n) is 10.9. The summed E-state index contributed by atoms with van der Waals surface area (Å²) in [6.45, 7) is 0. The lowest BCUT2D eigenvalue weighted by Crippen LogP contribution is -1.99. The SMILES string of the molecule is C1=CCC(c2cc(-c3ccccc3)cc(-c3c4ccccc4c(-c4cc(-c5ccccc5)cc(-c5ccccc5)c4)c4cc(-c5ccc(-c6nc7ccccc7n6-c6ccccc6)cc5)ccc34)c2)C=C1. The highest BCUT2D eigenvalue weighted by Crippen LogP contribution is 2.48. The first-order valence-corrected chi connectivity index (χ1v) is 24.6. The maximum Gasteiger partial charge on any atom is 0.145 e. The zero-order valence-corrected chi connectivity index (χ0v) is 39.2. The van der Waals surface area contributed by atoms with E-state index in [4.69, 9.17) is 4.98 Å². The van der Waals surface area contributed by atoms with Gasteiger partial charge in [0.1, 0.15) is 5.82 Å². The Hall–Kier alpha value is -9.11. The molecule has 1 unspecified atom stereocenters. The summed E-state index contributed by atoms with van der Waals surface area (Å²) in [5.41, 5.74) is 19.9. The highest BCUT2D eigenvalue weighted by atomic mass is 15.1. The average molecular weight is 905 g/mol. The predicted octanol–water partition coefficient (Wildman–Crippen LogP) is 18.6. The minimum atomic E-state index is 0.287. The van der Waals surface area contributed by atoms with E-state index >= 15 is 0 Å². The van der Waals surface area contributed by atoms with Crippen LogP contribution in [0.25, 0.3) is 116 Å². The second kappa shape index (κ2) is 18.1. The van der Waals surface area contributed by atoms with Crippen molar-refractivity contribution in [3.05, 3.63) is 279 Å². The van der Waals surface area contributed by atoms with Gasteiger partial charge in [-0.3, -0.25) is 4.57 Å². The van der Waals surface area contributed by atoms with Gasteiger partial charge in [0.05, 0.1) is 11.0 Å². The largest absolute Gasteiger partial charge is 0.292 e. The topological polar surface area (TPSA) is 17.8 Å². The lowest BCUT2D eigenvalue weighted by atomic mass is 9.81. The highest BCUT2D eigenvalue weighted by molar-refractivity contribution is 6.22. The number of imidazole rings is 1. The summed E-state index contributed by atoms with van der Waals surface area (Å²) < 4.78 is 2.27.